The number of hydrogen-bond acceptors (Lipinski definition) is 12. The van der Waals surface area contributed by atoms with E-state index in [0.29, 0.717) is 90.8 Å². The van der Waals surface area contributed by atoms with Crippen LogP contribution in [0.2, 0.25) is 0 Å². The van der Waals surface area contributed by atoms with Gasteiger partial charge in [0.1, 0.15) is 22.7 Å². The Bertz CT molecular complexity index is 3680. The van der Waals surface area contributed by atoms with E-state index in [4.69, 9.17) is 28.4 Å². The number of hydrogen-bond donors (Lipinski definition) is 2. The molecule has 2 aliphatic heterocycles. The van der Waals surface area contributed by atoms with E-state index in [2.05, 4.69) is 51.3 Å². The van der Waals surface area contributed by atoms with E-state index in [1.165, 1.54) is 0 Å². The second kappa shape index (κ2) is 32.5. The Hall–Kier alpha value is -7.48. The van der Waals surface area contributed by atoms with Gasteiger partial charge in [0.05, 0.1) is 35.0 Å². The van der Waals surface area contributed by atoms with Crippen molar-refractivity contribution in [2.24, 2.45) is 0 Å². The molecule has 2 N–H and O–H groups in total. The van der Waals surface area contributed by atoms with Crippen LogP contribution in [0.1, 0.15) is 173 Å². The van der Waals surface area contributed by atoms with E-state index >= 15 is 8.78 Å². The standard InChI is InChI=1S/C36H41FN2O4.C30H38BFN2O6.C6H5Br/c1-5-29(25-12-7-6-8-13-25)34(26-16-19-28(20-17-26)41-23-11-15-33(40)43-36(2,3)4)27-18-21-31-30(24-27)35(37)38-39(31)32-14-9-10-22-42-32;1-5-24(31(36)37)28(20-11-14-22(15-12-20)38-18-8-10-27(35)40-30(2,3)4)21-13-16-25-23(19-21)29(32)33-34(25)26-9-6-7-17-39-26;7-6-4-2-1-3-5-6/h6-8,12-13,16-21,24,32H,5,9-11,14-15,22-23H2,1-4H3;11-16,19,26,36-37H,5-10,17-18H2,1-4H3;1-5H/b34-29+;28-24+;. The number of esters is 2. The topological polar surface area (TPSA) is 166 Å². The molecule has 18 heteroatoms. The first kappa shape index (κ1) is 68.4. The normalized spacial score (nSPS) is 15.7. The van der Waals surface area contributed by atoms with E-state index in [-0.39, 0.29) is 30.8 Å². The zero-order valence-corrected chi connectivity index (χ0v) is 54.6. The van der Waals surface area contributed by atoms with Crippen molar-refractivity contribution in [3.05, 3.63) is 195 Å². The first-order valence-electron chi connectivity index (χ1n) is 31.3. The van der Waals surface area contributed by atoms with Gasteiger partial charge in [-0.05, 0) is 216 Å². The van der Waals surface area contributed by atoms with Crippen molar-refractivity contribution in [1.82, 2.24) is 19.6 Å². The number of aromatic nitrogens is 4. The Morgan fingerprint density at radius 1 is 0.567 bits per heavy atom. The largest absolute Gasteiger partial charge is 0.494 e. The molecule has 6 aromatic carbocycles. The zero-order chi connectivity index (χ0) is 64.4. The van der Waals surface area contributed by atoms with Crippen LogP contribution in [0, 0.1) is 11.9 Å². The summed E-state index contributed by atoms with van der Waals surface area (Å²) in [6.45, 7) is 17.1. The molecule has 0 spiro atoms. The van der Waals surface area contributed by atoms with Gasteiger partial charge in [0.25, 0.3) is 0 Å². The highest BCUT2D eigenvalue weighted by Crippen LogP contribution is 2.39. The van der Waals surface area contributed by atoms with E-state index in [1.54, 1.807) is 33.6 Å². The summed E-state index contributed by atoms with van der Waals surface area (Å²) in [5.41, 5.74) is 8.00. The lowest BCUT2D eigenvalue weighted by Gasteiger charge is -2.23. The quantitative estimate of drug-likeness (QED) is 0.0321. The van der Waals surface area contributed by atoms with Gasteiger partial charge in [-0.1, -0.05) is 115 Å². The molecule has 0 aliphatic carbocycles. The highest BCUT2D eigenvalue weighted by atomic mass is 79.9. The molecular weight excluding hydrogens is 1210 g/mol. The summed E-state index contributed by atoms with van der Waals surface area (Å²) in [5, 5.41) is 29.6. The van der Waals surface area contributed by atoms with Crippen LogP contribution < -0.4 is 9.47 Å². The van der Waals surface area contributed by atoms with Crippen molar-refractivity contribution in [2.45, 2.75) is 156 Å². The third-order valence-electron chi connectivity index (χ3n) is 15.0. The van der Waals surface area contributed by atoms with Gasteiger partial charge in [0.2, 0.25) is 11.9 Å². The summed E-state index contributed by atoms with van der Waals surface area (Å²) in [7, 11) is -1.68. The molecule has 4 heterocycles. The average molecular weight is 1290 g/mol. The maximum Gasteiger partial charge on any atom is 0.484 e. The molecule has 2 fully saturated rings. The van der Waals surface area contributed by atoms with Gasteiger partial charge >= 0.3 is 19.1 Å². The Kier molecular flexibility index (Phi) is 24.7. The van der Waals surface area contributed by atoms with E-state index < -0.39 is 30.2 Å². The van der Waals surface area contributed by atoms with Gasteiger partial charge in [-0.15, -0.1) is 10.2 Å². The number of allylic oxidation sites excluding steroid dienone is 2. The molecule has 2 aliphatic rings. The number of rotatable bonds is 20. The average Bonchev–Trinajstić information content (AvgIpc) is 1.57. The Morgan fingerprint density at radius 2 is 0.989 bits per heavy atom. The van der Waals surface area contributed by atoms with Crippen LogP contribution in [-0.4, -0.2) is 86.3 Å². The lowest BCUT2D eigenvalue weighted by molar-refractivity contribution is -0.156. The van der Waals surface area contributed by atoms with Crippen LogP contribution in [0.3, 0.4) is 0 Å². The minimum atomic E-state index is -1.68. The molecule has 2 unspecified atom stereocenters. The molecule has 0 saturated carbocycles. The van der Waals surface area contributed by atoms with Crippen LogP contribution in [-0.2, 0) is 28.5 Å². The maximum absolute atomic E-state index is 15.3. The predicted molar refractivity (Wildman–Crippen MR) is 354 cm³/mol. The van der Waals surface area contributed by atoms with Gasteiger partial charge in [0, 0.05) is 30.5 Å². The number of benzene rings is 6. The van der Waals surface area contributed by atoms with Gasteiger partial charge in [0.15, 0.2) is 12.5 Å². The highest BCUT2D eigenvalue weighted by Gasteiger charge is 2.27. The SMILES string of the molecule is Brc1ccccc1.CC/C(=C(/c1ccc(OCCCC(=O)OC(C)(C)C)cc1)c1ccc2c(c1)c(F)nn2C1CCCCO1)c1ccccc1.CC/C(B(O)O)=C(/c1ccc(OCCCC(=O)OC(C)(C)C)cc1)c1ccc2c(c1)c(F)nn2C1CCCCO1. The highest BCUT2D eigenvalue weighted by molar-refractivity contribution is 9.10. The number of carbonyl (C=O) groups is 2. The Morgan fingerprint density at radius 3 is 1.37 bits per heavy atom. The van der Waals surface area contributed by atoms with Crippen molar-refractivity contribution in [2.75, 3.05) is 26.4 Å². The van der Waals surface area contributed by atoms with Crippen molar-refractivity contribution in [3.8, 4) is 11.5 Å². The van der Waals surface area contributed by atoms with Crippen LogP contribution in [0.15, 0.2) is 156 Å². The third-order valence-corrected chi connectivity index (χ3v) is 15.5. The van der Waals surface area contributed by atoms with E-state index in [0.717, 1.165) is 94.1 Å². The monoisotopic (exact) mass is 1290 g/mol. The minimum absolute atomic E-state index is 0.223. The molecular formula is C72H84BBrF2N4O10. The van der Waals surface area contributed by atoms with Crippen LogP contribution in [0.25, 0.3) is 38.5 Å². The first-order chi connectivity index (χ1) is 43.2. The van der Waals surface area contributed by atoms with Gasteiger partial charge in [-0.3, -0.25) is 9.59 Å². The van der Waals surface area contributed by atoms with Gasteiger partial charge in [-0.2, -0.15) is 8.78 Å². The molecule has 2 aromatic heterocycles. The van der Waals surface area contributed by atoms with Gasteiger partial charge in [-0.25, -0.2) is 9.36 Å². The summed E-state index contributed by atoms with van der Waals surface area (Å²) in [5.74, 6) is -0.229. The molecule has 8 aromatic rings. The number of ether oxygens (including phenoxy) is 6. The van der Waals surface area contributed by atoms with Crippen molar-refractivity contribution in [3.63, 3.8) is 0 Å². The number of carbonyl (C=O) groups excluding carboxylic acids is 2. The second-order valence-corrected chi connectivity index (χ2v) is 25.1. The van der Waals surface area contributed by atoms with E-state index in [1.807, 2.05) is 152 Å². The second-order valence-electron chi connectivity index (χ2n) is 24.2. The first-order valence-corrected chi connectivity index (χ1v) is 32.1. The summed E-state index contributed by atoms with van der Waals surface area (Å²) in [6, 6.07) is 46.7. The van der Waals surface area contributed by atoms with E-state index in [9.17, 15) is 19.6 Å². The van der Waals surface area contributed by atoms with Crippen molar-refractivity contribution in [1.29, 1.82) is 0 Å². The molecule has 476 valence electrons. The molecule has 0 radical (unpaired) electrons. The molecule has 10 rings (SSSR count). The lowest BCUT2D eigenvalue weighted by Crippen LogP contribution is -2.24. The van der Waals surface area contributed by atoms with Crippen molar-refractivity contribution >= 4 is 73.5 Å². The number of nitrogens with zero attached hydrogens (tertiary/aromatic N) is 4. The van der Waals surface area contributed by atoms with Gasteiger partial charge < -0.3 is 38.5 Å². The summed E-state index contributed by atoms with van der Waals surface area (Å²) in [4.78, 5) is 23.9. The third kappa shape index (κ3) is 19.3. The minimum Gasteiger partial charge on any atom is -0.494 e. The fourth-order valence-corrected chi connectivity index (χ4v) is 11.2. The zero-order valence-electron chi connectivity index (χ0n) is 53.0. The fourth-order valence-electron chi connectivity index (χ4n) is 10.9. The molecule has 14 nitrogen and oxygen atoms in total. The smallest absolute Gasteiger partial charge is 0.484 e. The molecule has 0 amide bonds. The lowest BCUT2D eigenvalue weighted by atomic mass is 9.71. The predicted octanol–water partition coefficient (Wildman–Crippen LogP) is 16.8. The molecule has 2 atom stereocenters. The number of fused-ring (bicyclic) bond motifs is 2. The molecule has 0 bridgehead atoms. The fraction of sp³-hybridized carbons (Fsp3) is 0.389. The Balaban J connectivity index is 0.000000210. The van der Waals surface area contributed by atoms with Crippen LogP contribution in [0.4, 0.5) is 8.78 Å². The van der Waals surface area contributed by atoms with Crippen molar-refractivity contribution < 1.29 is 56.8 Å². The summed E-state index contributed by atoms with van der Waals surface area (Å²) < 4.78 is 68.9. The van der Waals surface area contributed by atoms with Crippen LogP contribution in [0.5, 0.6) is 11.5 Å². The molecule has 90 heavy (non-hydrogen) atoms. The summed E-state index contributed by atoms with van der Waals surface area (Å²) in [6.07, 6.45) is 7.92. The molecule has 2 saturated heterocycles. The number of halogens is 3. The summed E-state index contributed by atoms with van der Waals surface area (Å²) >= 11 is 3.31. The van der Waals surface area contributed by atoms with Crippen LogP contribution >= 0.6 is 15.9 Å². The maximum atomic E-state index is 15.3. The Labute approximate surface area is 536 Å².